The van der Waals surface area contributed by atoms with E-state index in [-0.39, 0.29) is 30.0 Å². The maximum atomic E-state index is 13.0. The van der Waals surface area contributed by atoms with Crippen LogP contribution in [0, 0.1) is 5.82 Å². The number of nitrogen functional groups attached to an aromatic ring is 1. The third-order valence-corrected chi connectivity index (χ3v) is 2.99. The van der Waals surface area contributed by atoms with E-state index in [2.05, 4.69) is 21.2 Å². The first-order chi connectivity index (χ1) is 8.43. The first-order valence-corrected chi connectivity index (χ1v) is 6.40. The summed E-state index contributed by atoms with van der Waals surface area (Å²) in [4.78, 5) is 11.5. The summed E-state index contributed by atoms with van der Waals surface area (Å²) in [5, 5.41) is 2.76. The lowest BCUT2D eigenvalue weighted by atomic mass is 10.2. The Labute approximate surface area is 114 Å². The molecule has 4 nitrogen and oxygen atoms in total. The van der Waals surface area contributed by atoms with Gasteiger partial charge in [0.05, 0.1) is 10.2 Å². The average Bonchev–Trinajstić information content (AvgIpc) is 2.27. The molecule has 100 valence electrons. The summed E-state index contributed by atoms with van der Waals surface area (Å²) in [5.41, 5.74) is 5.76. The van der Waals surface area contributed by atoms with E-state index in [1.54, 1.807) is 0 Å². The number of halogens is 2. The first-order valence-electron chi connectivity index (χ1n) is 5.60. The van der Waals surface area contributed by atoms with Crippen LogP contribution in [0.25, 0.3) is 0 Å². The zero-order chi connectivity index (χ0) is 13.7. The molecule has 1 rings (SSSR count). The molecular formula is C12H16BrFN2O2. The molecule has 1 aromatic rings. The van der Waals surface area contributed by atoms with Crippen LogP contribution in [0.5, 0.6) is 5.75 Å². The van der Waals surface area contributed by atoms with Crippen LogP contribution in [-0.2, 0) is 4.79 Å². The van der Waals surface area contributed by atoms with E-state index < -0.39 is 5.82 Å². The predicted octanol–water partition coefficient (Wildman–Crippen LogP) is 2.46. The van der Waals surface area contributed by atoms with Crippen LogP contribution in [0.1, 0.15) is 20.3 Å². The Morgan fingerprint density at radius 1 is 1.61 bits per heavy atom. The first kappa shape index (κ1) is 14.8. The van der Waals surface area contributed by atoms with E-state index >= 15 is 0 Å². The lowest BCUT2D eigenvalue weighted by Gasteiger charge is -2.13. The zero-order valence-corrected chi connectivity index (χ0v) is 11.9. The van der Waals surface area contributed by atoms with E-state index in [1.807, 2.05) is 13.8 Å². The highest BCUT2D eigenvalue weighted by atomic mass is 79.9. The van der Waals surface area contributed by atoms with Crippen molar-refractivity contribution >= 4 is 27.5 Å². The summed E-state index contributed by atoms with van der Waals surface area (Å²) < 4.78 is 18.6. The molecule has 0 saturated heterocycles. The van der Waals surface area contributed by atoms with E-state index in [1.165, 1.54) is 6.07 Å². The molecule has 18 heavy (non-hydrogen) atoms. The minimum atomic E-state index is -0.462. The molecule has 0 fully saturated rings. The second-order valence-electron chi connectivity index (χ2n) is 3.97. The average molecular weight is 319 g/mol. The number of hydrogen-bond donors (Lipinski definition) is 2. The van der Waals surface area contributed by atoms with Gasteiger partial charge in [-0.25, -0.2) is 4.39 Å². The molecule has 1 amide bonds. The molecule has 6 heteroatoms. The maximum Gasteiger partial charge on any atom is 0.258 e. The lowest BCUT2D eigenvalue weighted by Crippen LogP contribution is -2.35. The van der Waals surface area contributed by atoms with Crippen molar-refractivity contribution in [2.24, 2.45) is 0 Å². The number of nitrogens with one attached hydrogen (secondary N) is 1. The van der Waals surface area contributed by atoms with Crippen LogP contribution in [-0.4, -0.2) is 18.6 Å². The van der Waals surface area contributed by atoms with Crippen LogP contribution >= 0.6 is 15.9 Å². The standard InChI is InChI=1S/C12H16BrFN2O2/c1-3-7(2)16-11(17)6-18-12-9(13)4-8(14)5-10(12)15/h4-5,7H,3,6,15H2,1-2H3,(H,16,17). The highest BCUT2D eigenvalue weighted by Crippen LogP contribution is 2.32. The molecule has 1 unspecified atom stereocenters. The van der Waals surface area contributed by atoms with Crippen molar-refractivity contribution in [1.29, 1.82) is 0 Å². The molecule has 3 N–H and O–H groups in total. The SMILES string of the molecule is CCC(C)NC(=O)COc1c(N)cc(F)cc1Br. The fraction of sp³-hybridized carbons (Fsp3) is 0.417. The van der Waals surface area contributed by atoms with Gasteiger partial charge < -0.3 is 15.8 Å². The molecule has 1 atom stereocenters. The number of ether oxygens (including phenoxy) is 1. The fourth-order valence-corrected chi connectivity index (χ4v) is 1.85. The smallest absolute Gasteiger partial charge is 0.258 e. The number of nitrogens with two attached hydrogens (primary N) is 1. The van der Waals surface area contributed by atoms with Crippen molar-refractivity contribution in [3.63, 3.8) is 0 Å². The number of anilines is 1. The largest absolute Gasteiger partial charge is 0.480 e. The van der Waals surface area contributed by atoms with Gasteiger partial charge in [-0.2, -0.15) is 0 Å². The van der Waals surface area contributed by atoms with Crippen LogP contribution in [0.15, 0.2) is 16.6 Å². The normalized spacial score (nSPS) is 12.0. The molecule has 0 radical (unpaired) electrons. The van der Waals surface area contributed by atoms with Crippen molar-refractivity contribution in [1.82, 2.24) is 5.32 Å². The molecule has 0 bridgehead atoms. The van der Waals surface area contributed by atoms with Crippen molar-refractivity contribution in [3.05, 3.63) is 22.4 Å². The maximum absolute atomic E-state index is 13.0. The second-order valence-corrected chi connectivity index (χ2v) is 4.83. The van der Waals surface area contributed by atoms with Crippen molar-refractivity contribution in [3.8, 4) is 5.75 Å². The Balaban J connectivity index is 2.61. The van der Waals surface area contributed by atoms with Gasteiger partial charge in [0.2, 0.25) is 0 Å². The predicted molar refractivity (Wildman–Crippen MR) is 71.9 cm³/mol. The summed E-state index contributed by atoms with van der Waals surface area (Å²) in [6, 6.07) is 2.47. The topological polar surface area (TPSA) is 64.3 Å². The molecule has 0 spiro atoms. The van der Waals surface area contributed by atoms with Crippen LogP contribution in [0.4, 0.5) is 10.1 Å². The molecule has 0 heterocycles. The van der Waals surface area contributed by atoms with Crippen molar-refractivity contribution < 1.29 is 13.9 Å². The molecule has 0 aliphatic carbocycles. The molecule has 0 aliphatic heterocycles. The third kappa shape index (κ3) is 4.18. The van der Waals surface area contributed by atoms with E-state index in [0.717, 1.165) is 12.5 Å². The van der Waals surface area contributed by atoms with Gasteiger partial charge in [0.15, 0.2) is 12.4 Å². The van der Waals surface area contributed by atoms with Gasteiger partial charge in [-0.3, -0.25) is 4.79 Å². The van der Waals surface area contributed by atoms with Crippen molar-refractivity contribution in [2.45, 2.75) is 26.3 Å². The van der Waals surface area contributed by atoms with E-state index in [4.69, 9.17) is 10.5 Å². The number of benzene rings is 1. The summed E-state index contributed by atoms with van der Waals surface area (Å²) in [6.45, 7) is 3.72. The number of carbonyl (C=O) groups excluding carboxylic acids is 1. The number of rotatable bonds is 5. The Bertz CT molecular complexity index is 417. The Kier molecular flexibility index (Phi) is 5.40. The molecule has 0 aliphatic rings. The fourth-order valence-electron chi connectivity index (χ4n) is 1.29. The van der Waals surface area contributed by atoms with Gasteiger partial charge in [0, 0.05) is 12.1 Å². The van der Waals surface area contributed by atoms with Gasteiger partial charge in [-0.15, -0.1) is 0 Å². The quantitative estimate of drug-likeness (QED) is 0.820. The Morgan fingerprint density at radius 2 is 2.28 bits per heavy atom. The van der Waals surface area contributed by atoms with E-state index in [9.17, 15) is 9.18 Å². The minimum Gasteiger partial charge on any atom is -0.480 e. The number of amides is 1. The number of carbonyl (C=O) groups is 1. The van der Waals surface area contributed by atoms with Crippen molar-refractivity contribution in [2.75, 3.05) is 12.3 Å². The second kappa shape index (κ2) is 6.58. The zero-order valence-electron chi connectivity index (χ0n) is 10.3. The molecule has 0 saturated carbocycles. The molecule has 1 aromatic carbocycles. The van der Waals surface area contributed by atoms with Gasteiger partial charge in [-0.1, -0.05) is 6.92 Å². The van der Waals surface area contributed by atoms with Gasteiger partial charge in [-0.05, 0) is 35.3 Å². The van der Waals surface area contributed by atoms with Gasteiger partial charge in [0.1, 0.15) is 5.82 Å². The van der Waals surface area contributed by atoms with E-state index in [0.29, 0.717) is 4.47 Å². The summed E-state index contributed by atoms with van der Waals surface area (Å²) in [6.07, 6.45) is 0.841. The van der Waals surface area contributed by atoms with Crippen LogP contribution < -0.4 is 15.8 Å². The molecule has 0 aromatic heterocycles. The molecular weight excluding hydrogens is 303 g/mol. The number of hydrogen-bond acceptors (Lipinski definition) is 3. The highest BCUT2D eigenvalue weighted by molar-refractivity contribution is 9.10. The minimum absolute atomic E-state index is 0.0927. The third-order valence-electron chi connectivity index (χ3n) is 2.40. The van der Waals surface area contributed by atoms with Crippen LogP contribution in [0.2, 0.25) is 0 Å². The van der Waals surface area contributed by atoms with Gasteiger partial charge >= 0.3 is 0 Å². The Hall–Kier alpha value is -1.30. The van der Waals surface area contributed by atoms with Crippen LogP contribution in [0.3, 0.4) is 0 Å². The Morgan fingerprint density at radius 3 is 2.83 bits per heavy atom. The monoisotopic (exact) mass is 318 g/mol. The summed E-state index contributed by atoms with van der Waals surface area (Å²) in [7, 11) is 0. The van der Waals surface area contributed by atoms with Gasteiger partial charge in [0.25, 0.3) is 5.91 Å². The summed E-state index contributed by atoms with van der Waals surface area (Å²) >= 11 is 3.14. The highest BCUT2D eigenvalue weighted by Gasteiger charge is 2.11. The lowest BCUT2D eigenvalue weighted by molar-refractivity contribution is -0.123. The summed E-state index contributed by atoms with van der Waals surface area (Å²) in [5.74, 6) is -0.425.